The van der Waals surface area contributed by atoms with Gasteiger partial charge in [-0.1, -0.05) is 13.8 Å². The summed E-state index contributed by atoms with van der Waals surface area (Å²) in [6.07, 6.45) is 1.79. The Labute approximate surface area is 142 Å². The molecule has 23 heavy (non-hydrogen) atoms. The number of esters is 1. The average molecular weight is 364 g/mol. The van der Waals surface area contributed by atoms with Crippen LogP contribution in [-0.4, -0.2) is 49.9 Å². The van der Waals surface area contributed by atoms with Gasteiger partial charge in [0.15, 0.2) is 0 Å². The first-order valence-electron chi connectivity index (χ1n) is 6.98. The summed E-state index contributed by atoms with van der Waals surface area (Å²) in [4.78, 5) is 15.3. The van der Waals surface area contributed by atoms with Crippen LogP contribution in [0.25, 0.3) is 0 Å². The Morgan fingerprint density at radius 1 is 1.43 bits per heavy atom. The molecule has 2 heterocycles. The van der Waals surface area contributed by atoms with E-state index < -0.39 is 16.0 Å². The Bertz CT molecular complexity index is 661. The number of nitrogens with two attached hydrogens (primary N) is 1. The van der Waals surface area contributed by atoms with Crippen LogP contribution in [0.1, 0.15) is 30.8 Å². The second-order valence-corrected chi connectivity index (χ2v) is 8.03. The van der Waals surface area contributed by atoms with Crippen LogP contribution in [0.5, 0.6) is 0 Å². The summed E-state index contributed by atoms with van der Waals surface area (Å²) >= 11 is 0. The van der Waals surface area contributed by atoms with Gasteiger partial charge in [0.1, 0.15) is 10.6 Å². The summed E-state index contributed by atoms with van der Waals surface area (Å²) in [6, 6.07) is 2.69. The van der Waals surface area contributed by atoms with E-state index in [4.69, 9.17) is 5.73 Å². The molecular weight excluding hydrogens is 342 g/mol. The lowest BCUT2D eigenvalue weighted by molar-refractivity contribution is 0.0594. The molecule has 0 aliphatic carbocycles. The average Bonchev–Trinajstić information content (AvgIpc) is 2.49. The highest BCUT2D eigenvalue weighted by molar-refractivity contribution is 7.89. The van der Waals surface area contributed by atoms with Gasteiger partial charge >= 0.3 is 5.97 Å². The third-order valence-electron chi connectivity index (χ3n) is 4.05. The molecule has 0 aromatic carbocycles. The first-order valence-corrected chi connectivity index (χ1v) is 8.42. The van der Waals surface area contributed by atoms with Crippen LogP contribution in [0.2, 0.25) is 0 Å². The lowest BCUT2D eigenvalue weighted by atomic mass is 9.81. The molecule has 9 heteroatoms. The number of pyridine rings is 1. The van der Waals surface area contributed by atoms with Crippen molar-refractivity contribution in [2.75, 3.05) is 20.2 Å². The number of carbonyl (C=O) groups is 1. The van der Waals surface area contributed by atoms with Crippen molar-refractivity contribution >= 4 is 28.4 Å². The van der Waals surface area contributed by atoms with E-state index in [1.807, 2.05) is 13.8 Å². The largest absolute Gasteiger partial charge is 0.464 e. The van der Waals surface area contributed by atoms with Crippen molar-refractivity contribution < 1.29 is 17.9 Å². The van der Waals surface area contributed by atoms with Crippen molar-refractivity contribution in [1.82, 2.24) is 9.29 Å². The van der Waals surface area contributed by atoms with Crippen LogP contribution in [0, 0.1) is 5.41 Å². The predicted molar refractivity (Wildman–Crippen MR) is 88.0 cm³/mol. The number of hydrogen-bond acceptors (Lipinski definition) is 6. The fourth-order valence-electron chi connectivity index (χ4n) is 2.44. The molecule has 2 rings (SSSR count). The van der Waals surface area contributed by atoms with E-state index in [1.165, 1.54) is 29.7 Å². The number of methoxy groups -OCH3 is 1. The second-order valence-electron chi connectivity index (χ2n) is 6.09. The number of rotatable bonds is 3. The minimum Gasteiger partial charge on any atom is -0.464 e. The van der Waals surface area contributed by atoms with E-state index in [0.29, 0.717) is 19.5 Å². The first-order chi connectivity index (χ1) is 10.2. The fourth-order valence-corrected chi connectivity index (χ4v) is 4.01. The summed E-state index contributed by atoms with van der Waals surface area (Å²) in [5.41, 5.74) is 5.82. The number of carbonyl (C=O) groups excluding carboxylic acids is 1. The maximum absolute atomic E-state index is 12.7. The van der Waals surface area contributed by atoms with Gasteiger partial charge in [-0.05, 0) is 24.0 Å². The number of sulfonamides is 1. The Morgan fingerprint density at radius 2 is 2.09 bits per heavy atom. The van der Waals surface area contributed by atoms with Crippen LogP contribution in [0.15, 0.2) is 23.2 Å². The molecule has 0 amide bonds. The third kappa shape index (κ3) is 4.00. The molecule has 7 nitrogen and oxygen atoms in total. The van der Waals surface area contributed by atoms with E-state index in [9.17, 15) is 13.2 Å². The molecule has 0 spiro atoms. The Morgan fingerprint density at radius 3 is 2.57 bits per heavy atom. The summed E-state index contributed by atoms with van der Waals surface area (Å²) in [5.74, 6) is -0.603. The number of ether oxygens (including phenoxy) is 1. The van der Waals surface area contributed by atoms with Gasteiger partial charge in [0.2, 0.25) is 10.0 Å². The van der Waals surface area contributed by atoms with E-state index in [2.05, 4.69) is 9.72 Å². The van der Waals surface area contributed by atoms with Gasteiger partial charge < -0.3 is 10.5 Å². The van der Waals surface area contributed by atoms with Crippen LogP contribution >= 0.6 is 12.4 Å². The minimum atomic E-state index is -3.64. The van der Waals surface area contributed by atoms with Gasteiger partial charge in [-0.2, -0.15) is 4.31 Å². The molecule has 1 aromatic heterocycles. The number of nitrogens with zero attached hydrogens (tertiary/aromatic N) is 2. The molecule has 1 aliphatic heterocycles. The lowest BCUT2D eigenvalue weighted by Crippen LogP contribution is -2.53. The smallest absolute Gasteiger partial charge is 0.356 e. The SMILES string of the molecule is COC(=O)c1ccc(S(=O)(=O)N2CCC(N)C(C)(C)C2)cn1.Cl. The van der Waals surface area contributed by atoms with Gasteiger partial charge in [0, 0.05) is 25.3 Å². The lowest BCUT2D eigenvalue weighted by Gasteiger charge is -2.41. The van der Waals surface area contributed by atoms with Crippen molar-refractivity contribution in [2.45, 2.75) is 31.2 Å². The van der Waals surface area contributed by atoms with Gasteiger partial charge in [-0.3, -0.25) is 0 Å². The molecule has 1 fully saturated rings. The predicted octanol–water partition coefficient (Wildman–Crippen LogP) is 1.04. The highest BCUT2D eigenvalue weighted by Gasteiger charge is 2.38. The van der Waals surface area contributed by atoms with Gasteiger partial charge in [0.05, 0.1) is 7.11 Å². The molecule has 1 saturated heterocycles. The number of aromatic nitrogens is 1. The highest BCUT2D eigenvalue weighted by atomic mass is 35.5. The Kier molecular flexibility index (Phi) is 6.14. The maximum atomic E-state index is 12.7. The monoisotopic (exact) mass is 363 g/mol. The fraction of sp³-hybridized carbons (Fsp3) is 0.571. The molecular formula is C14H22ClN3O4S. The van der Waals surface area contributed by atoms with E-state index >= 15 is 0 Å². The molecule has 1 aliphatic rings. The van der Waals surface area contributed by atoms with E-state index in [1.54, 1.807) is 0 Å². The van der Waals surface area contributed by atoms with Crippen LogP contribution < -0.4 is 5.73 Å². The molecule has 1 unspecified atom stereocenters. The van der Waals surface area contributed by atoms with Crippen LogP contribution in [0.3, 0.4) is 0 Å². The standard InChI is InChI=1S/C14H21N3O4S.ClH/c1-14(2)9-17(7-6-12(14)15)22(19,20)10-4-5-11(16-8-10)13(18)21-3;/h4-5,8,12H,6-7,9,15H2,1-3H3;1H. The van der Waals surface area contributed by atoms with Crippen molar-refractivity contribution in [3.63, 3.8) is 0 Å². The van der Waals surface area contributed by atoms with Gasteiger partial charge in [0.25, 0.3) is 0 Å². The molecule has 0 radical (unpaired) electrons. The molecule has 1 aromatic rings. The van der Waals surface area contributed by atoms with Crippen molar-refractivity contribution in [1.29, 1.82) is 0 Å². The zero-order valence-electron chi connectivity index (χ0n) is 13.4. The molecule has 0 saturated carbocycles. The Balaban J connectivity index is 0.00000264. The number of halogens is 1. The molecule has 130 valence electrons. The summed E-state index contributed by atoms with van der Waals surface area (Å²) < 4.78 is 31.3. The highest BCUT2D eigenvalue weighted by Crippen LogP contribution is 2.31. The minimum absolute atomic E-state index is 0. The third-order valence-corrected chi connectivity index (χ3v) is 5.87. The van der Waals surface area contributed by atoms with Gasteiger partial charge in [-0.25, -0.2) is 18.2 Å². The molecule has 1 atom stereocenters. The molecule has 2 N–H and O–H groups in total. The van der Waals surface area contributed by atoms with Crippen molar-refractivity contribution in [3.8, 4) is 0 Å². The summed E-state index contributed by atoms with van der Waals surface area (Å²) in [5, 5.41) is 0. The zero-order valence-corrected chi connectivity index (χ0v) is 15.0. The van der Waals surface area contributed by atoms with Crippen molar-refractivity contribution in [3.05, 3.63) is 24.0 Å². The van der Waals surface area contributed by atoms with E-state index in [0.717, 1.165) is 0 Å². The summed E-state index contributed by atoms with van der Waals surface area (Å²) in [6.45, 7) is 4.65. The topological polar surface area (TPSA) is 103 Å². The Hall–Kier alpha value is -1.22. The van der Waals surface area contributed by atoms with E-state index in [-0.39, 0.29) is 34.5 Å². The number of hydrogen-bond donors (Lipinski definition) is 1. The van der Waals surface area contributed by atoms with Crippen LogP contribution in [0.4, 0.5) is 0 Å². The first kappa shape index (κ1) is 19.8. The quantitative estimate of drug-likeness (QED) is 0.805. The zero-order chi connectivity index (χ0) is 16.5. The maximum Gasteiger partial charge on any atom is 0.356 e. The van der Waals surface area contributed by atoms with Crippen LogP contribution in [-0.2, 0) is 14.8 Å². The number of piperidine rings is 1. The normalized spacial score (nSPS) is 21.3. The van der Waals surface area contributed by atoms with Crippen molar-refractivity contribution in [2.24, 2.45) is 11.1 Å². The molecule has 0 bridgehead atoms. The summed E-state index contributed by atoms with van der Waals surface area (Å²) in [7, 11) is -2.40. The second kappa shape index (κ2) is 7.12. The van der Waals surface area contributed by atoms with Gasteiger partial charge in [-0.15, -0.1) is 12.4 Å².